The summed E-state index contributed by atoms with van der Waals surface area (Å²) >= 11 is 0. The van der Waals surface area contributed by atoms with Gasteiger partial charge in [-0.15, -0.1) is 0 Å². The van der Waals surface area contributed by atoms with E-state index in [0.29, 0.717) is 5.69 Å². The largest absolute Gasteiger partial charge is 0.464 e. The lowest BCUT2D eigenvalue weighted by molar-refractivity contribution is 0.0594. The van der Waals surface area contributed by atoms with E-state index in [4.69, 9.17) is 4.74 Å². The van der Waals surface area contributed by atoms with E-state index >= 15 is 0 Å². The topological polar surface area (TPSA) is 39.2 Å². The highest BCUT2D eigenvalue weighted by Crippen LogP contribution is 2.26. The molecule has 3 nitrogen and oxygen atoms in total. The van der Waals surface area contributed by atoms with Crippen LogP contribution in [0.5, 0.6) is 0 Å². The van der Waals surface area contributed by atoms with E-state index in [1.54, 1.807) is 6.07 Å². The van der Waals surface area contributed by atoms with E-state index in [1.807, 2.05) is 66.7 Å². The van der Waals surface area contributed by atoms with Gasteiger partial charge in [0.15, 0.2) is 0 Å². The highest BCUT2D eigenvalue weighted by atomic mass is 16.5. The molecule has 0 radical (unpaired) electrons. The highest BCUT2D eigenvalue weighted by Gasteiger charge is 2.12. The van der Waals surface area contributed by atoms with Gasteiger partial charge in [0, 0.05) is 5.56 Å². The van der Waals surface area contributed by atoms with Crippen molar-refractivity contribution in [2.24, 2.45) is 0 Å². The van der Waals surface area contributed by atoms with Gasteiger partial charge in [0.1, 0.15) is 5.69 Å². The van der Waals surface area contributed by atoms with Gasteiger partial charge in [-0.05, 0) is 23.3 Å². The smallest absolute Gasteiger partial charge is 0.356 e. The van der Waals surface area contributed by atoms with Crippen molar-refractivity contribution < 1.29 is 9.53 Å². The summed E-state index contributed by atoms with van der Waals surface area (Å²) in [7, 11) is 1.36. The molecule has 108 valence electrons. The monoisotopic (exact) mass is 289 g/mol. The lowest BCUT2D eigenvalue weighted by atomic mass is 10.0. The van der Waals surface area contributed by atoms with Gasteiger partial charge in [-0.25, -0.2) is 9.78 Å². The first-order valence-electron chi connectivity index (χ1n) is 6.99. The molecule has 0 aliphatic rings. The van der Waals surface area contributed by atoms with Crippen LogP contribution in [0.3, 0.4) is 0 Å². The number of pyridine rings is 1. The third kappa shape index (κ3) is 2.88. The lowest BCUT2D eigenvalue weighted by Crippen LogP contribution is -2.05. The number of carbonyl (C=O) groups is 1. The molecular weight excluding hydrogens is 274 g/mol. The van der Waals surface area contributed by atoms with Crippen LogP contribution in [0, 0.1) is 0 Å². The summed E-state index contributed by atoms with van der Waals surface area (Å²) in [6, 6.07) is 23.4. The van der Waals surface area contributed by atoms with Crippen LogP contribution in [-0.4, -0.2) is 18.1 Å². The molecule has 0 spiro atoms. The van der Waals surface area contributed by atoms with E-state index < -0.39 is 5.97 Å². The molecule has 3 heteroatoms. The number of rotatable bonds is 3. The Bertz CT molecular complexity index is 725. The first kappa shape index (κ1) is 14.0. The second-order valence-corrected chi connectivity index (χ2v) is 4.85. The molecule has 0 N–H and O–H groups in total. The Balaban J connectivity index is 2.17. The zero-order valence-corrected chi connectivity index (χ0v) is 12.2. The predicted octanol–water partition coefficient (Wildman–Crippen LogP) is 4.20. The van der Waals surface area contributed by atoms with Crippen LogP contribution in [0.1, 0.15) is 10.5 Å². The van der Waals surface area contributed by atoms with Gasteiger partial charge < -0.3 is 4.74 Å². The second kappa shape index (κ2) is 6.22. The molecule has 0 amide bonds. The van der Waals surface area contributed by atoms with Crippen LogP contribution < -0.4 is 0 Å². The number of carbonyl (C=O) groups excluding carboxylic acids is 1. The molecule has 0 aliphatic heterocycles. The highest BCUT2D eigenvalue weighted by molar-refractivity contribution is 5.90. The molecule has 0 atom stereocenters. The summed E-state index contributed by atoms with van der Waals surface area (Å²) in [4.78, 5) is 16.3. The van der Waals surface area contributed by atoms with Gasteiger partial charge in [-0.3, -0.25) is 0 Å². The molecule has 0 fully saturated rings. The first-order valence-corrected chi connectivity index (χ1v) is 6.99. The number of benzene rings is 2. The average molecular weight is 289 g/mol. The maximum absolute atomic E-state index is 11.9. The third-order valence-electron chi connectivity index (χ3n) is 3.40. The summed E-state index contributed by atoms with van der Waals surface area (Å²) < 4.78 is 4.82. The molecule has 1 aromatic heterocycles. The fraction of sp³-hybridized carbons (Fsp3) is 0.0526. The van der Waals surface area contributed by atoms with Gasteiger partial charge in [0.05, 0.1) is 12.8 Å². The van der Waals surface area contributed by atoms with E-state index in [1.165, 1.54) is 7.11 Å². The van der Waals surface area contributed by atoms with Crippen molar-refractivity contribution in [1.82, 2.24) is 4.98 Å². The van der Waals surface area contributed by atoms with Crippen molar-refractivity contribution >= 4 is 5.97 Å². The Morgan fingerprint density at radius 3 is 2.00 bits per heavy atom. The molecule has 1 heterocycles. The van der Waals surface area contributed by atoms with Gasteiger partial charge in [0.25, 0.3) is 0 Å². The average Bonchev–Trinajstić information content (AvgIpc) is 2.62. The Morgan fingerprint density at radius 1 is 0.818 bits per heavy atom. The number of hydrogen-bond donors (Lipinski definition) is 0. The van der Waals surface area contributed by atoms with Crippen molar-refractivity contribution in [3.8, 4) is 22.4 Å². The molecule has 2 aromatic carbocycles. The Labute approximate surface area is 129 Å². The number of ether oxygens (including phenoxy) is 1. The fourth-order valence-electron chi connectivity index (χ4n) is 2.29. The minimum atomic E-state index is -0.435. The van der Waals surface area contributed by atoms with Crippen molar-refractivity contribution in [3.05, 3.63) is 78.5 Å². The molecule has 3 aromatic rings. The minimum Gasteiger partial charge on any atom is -0.464 e. The second-order valence-electron chi connectivity index (χ2n) is 4.85. The summed E-state index contributed by atoms with van der Waals surface area (Å²) in [6.45, 7) is 0. The van der Waals surface area contributed by atoms with E-state index in [0.717, 1.165) is 22.4 Å². The normalized spacial score (nSPS) is 10.2. The maximum atomic E-state index is 11.9. The number of nitrogens with zero attached hydrogens (tertiary/aromatic N) is 1. The van der Waals surface area contributed by atoms with Crippen molar-refractivity contribution in [2.75, 3.05) is 7.11 Å². The summed E-state index contributed by atoms with van der Waals surface area (Å²) in [5.41, 5.74) is 4.00. The van der Waals surface area contributed by atoms with Crippen molar-refractivity contribution in [3.63, 3.8) is 0 Å². The van der Waals surface area contributed by atoms with Crippen LogP contribution >= 0.6 is 0 Å². The molecule has 0 saturated heterocycles. The van der Waals surface area contributed by atoms with Gasteiger partial charge in [-0.2, -0.15) is 0 Å². The van der Waals surface area contributed by atoms with E-state index in [2.05, 4.69) is 4.98 Å². The van der Waals surface area contributed by atoms with Crippen molar-refractivity contribution in [1.29, 1.82) is 0 Å². The van der Waals surface area contributed by atoms with Gasteiger partial charge in [0.2, 0.25) is 0 Å². The number of hydrogen-bond acceptors (Lipinski definition) is 3. The Kier molecular flexibility index (Phi) is 3.97. The summed E-state index contributed by atoms with van der Waals surface area (Å²) in [6.07, 6.45) is 0. The van der Waals surface area contributed by atoms with E-state index in [-0.39, 0.29) is 0 Å². The molecule has 0 unspecified atom stereocenters. The minimum absolute atomic E-state index is 0.308. The lowest BCUT2D eigenvalue weighted by Gasteiger charge is -2.08. The zero-order valence-electron chi connectivity index (χ0n) is 12.2. The quantitative estimate of drug-likeness (QED) is 0.678. The fourth-order valence-corrected chi connectivity index (χ4v) is 2.29. The molecule has 3 rings (SSSR count). The first-order chi connectivity index (χ1) is 10.8. The van der Waals surface area contributed by atoms with Gasteiger partial charge in [-0.1, -0.05) is 60.7 Å². The standard InChI is InChI=1S/C19H15NO2/c1-22-19(21)18-13-16(14-8-4-2-5-9-14)12-17(20-18)15-10-6-3-7-11-15/h2-13H,1H3. The predicted molar refractivity (Wildman–Crippen MR) is 86.4 cm³/mol. The van der Waals surface area contributed by atoms with Crippen LogP contribution in [-0.2, 0) is 4.74 Å². The summed E-state index contributed by atoms with van der Waals surface area (Å²) in [5, 5.41) is 0. The number of esters is 1. The number of methoxy groups -OCH3 is 1. The third-order valence-corrected chi connectivity index (χ3v) is 3.40. The van der Waals surface area contributed by atoms with Crippen LogP contribution in [0.25, 0.3) is 22.4 Å². The number of aromatic nitrogens is 1. The molecule has 0 aliphatic carbocycles. The Hall–Kier alpha value is -2.94. The maximum Gasteiger partial charge on any atom is 0.356 e. The molecule has 22 heavy (non-hydrogen) atoms. The van der Waals surface area contributed by atoms with Gasteiger partial charge >= 0.3 is 5.97 Å². The van der Waals surface area contributed by atoms with Crippen LogP contribution in [0.15, 0.2) is 72.8 Å². The SMILES string of the molecule is COC(=O)c1cc(-c2ccccc2)cc(-c2ccccc2)n1. The zero-order chi connectivity index (χ0) is 15.4. The molecule has 0 saturated carbocycles. The van der Waals surface area contributed by atoms with Crippen LogP contribution in [0.2, 0.25) is 0 Å². The van der Waals surface area contributed by atoms with Crippen LogP contribution in [0.4, 0.5) is 0 Å². The van der Waals surface area contributed by atoms with E-state index in [9.17, 15) is 4.79 Å². The summed E-state index contributed by atoms with van der Waals surface area (Å²) in [5.74, 6) is -0.435. The Morgan fingerprint density at radius 2 is 1.41 bits per heavy atom. The van der Waals surface area contributed by atoms with Crippen molar-refractivity contribution in [2.45, 2.75) is 0 Å². The molecular formula is C19H15NO2. The molecule has 0 bridgehead atoms.